The minimum atomic E-state index is -5.08. The van der Waals surface area contributed by atoms with Gasteiger partial charge in [0.1, 0.15) is 6.61 Å². The fourth-order valence-electron chi connectivity index (χ4n) is 3.86. The molecule has 0 aliphatic carbocycles. The lowest BCUT2D eigenvalue weighted by Gasteiger charge is -2.36. The molecule has 0 spiro atoms. The summed E-state index contributed by atoms with van der Waals surface area (Å²) in [4.78, 5) is 24.6. The van der Waals surface area contributed by atoms with Gasteiger partial charge < -0.3 is 19.5 Å². The number of fused-ring (bicyclic) bond motifs is 1. The summed E-state index contributed by atoms with van der Waals surface area (Å²) in [5.74, 6) is -2.76. The Morgan fingerprint density at radius 1 is 1.25 bits per heavy atom. The topological polar surface area (TPSA) is 79.3 Å². The molecule has 0 bridgehead atoms. The second-order valence-electron chi connectivity index (χ2n) is 8.30. The number of likely N-dealkylation sites (N-methyl/N-ethyl adjacent to an activating group) is 1. The molecule has 0 aromatic heterocycles. The zero-order valence-electron chi connectivity index (χ0n) is 18.6. The van der Waals surface area contributed by atoms with Gasteiger partial charge in [0.2, 0.25) is 5.91 Å². The highest BCUT2D eigenvalue weighted by molar-refractivity contribution is 5.76. The van der Waals surface area contributed by atoms with Crippen molar-refractivity contribution < 1.29 is 37.3 Å². The number of hydrogen-bond acceptors (Lipinski definition) is 5. The number of halogens is 3. The molecule has 3 atom stereocenters. The van der Waals surface area contributed by atoms with Crippen LogP contribution in [-0.2, 0) is 25.6 Å². The van der Waals surface area contributed by atoms with E-state index in [-0.39, 0.29) is 18.6 Å². The van der Waals surface area contributed by atoms with Gasteiger partial charge >= 0.3 is 12.1 Å². The average Bonchev–Trinajstić information content (AvgIpc) is 3.09. The minimum absolute atomic E-state index is 0.00104. The van der Waals surface area contributed by atoms with E-state index < -0.39 is 12.1 Å². The number of carboxylic acids is 1. The van der Waals surface area contributed by atoms with Gasteiger partial charge in [-0.1, -0.05) is 29.8 Å². The predicted molar refractivity (Wildman–Crippen MR) is 111 cm³/mol. The van der Waals surface area contributed by atoms with Crippen LogP contribution in [0.4, 0.5) is 13.2 Å². The van der Waals surface area contributed by atoms with Crippen LogP contribution < -0.4 is 0 Å². The van der Waals surface area contributed by atoms with Crippen LogP contribution in [0.25, 0.3) is 0 Å². The first-order valence-electron chi connectivity index (χ1n) is 10.5. The number of ether oxygens (including phenoxy) is 2. The summed E-state index contributed by atoms with van der Waals surface area (Å²) in [6, 6.07) is 9.28. The molecule has 2 fully saturated rings. The van der Waals surface area contributed by atoms with Crippen molar-refractivity contribution in [1.82, 2.24) is 9.80 Å². The van der Waals surface area contributed by atoms with Gasteiger partial charge in [0.25, 0.3) is 0 Å². The van der Waals surface area contributed by atoms with E-state index in [1.54, 1.807) is 19.0 Å². The smallest absolute Gasteiger partial charge is 0.475 e. The quantitative estimate of drug-likeness (QED) is 0.704. The van der Waals surface area contributed by atoms with Gasteiger partial charge in [0.05, 0.1) is 18.8 Å². The van der Waals surface area contributed by atoms with Crippen LogP contribution in [0.2, 0.25) is 0 Å². The lowest BCUT2D eigenvalue weighted by Crippen LogP contribution is -2.43. The summed E-state index contributed by atoms with van der Waals surface area (Å²) in [7, 11) is 3.49. The summed E-state index contributed by atoms with van der Waals surface area (Å²) in [5.41, 5.74) is 2.70. The molecular formula is C22H31F3N2O5. The molecule has 2 saturated heterocycles. The van der Waals surface area contributed by atoms with Crippen molar-refractivity contribution in [3.63, 3.8) is 0 Å². The average molecular weight is 460 g/mol. The summed E-state index contributed by atoms with van der Waals surface area (Å²) in [6.07, 6.45) is -1.43. The molecule has 1 aromatic rings. The van der Waals surface area contributed by atoms with Gasteiger partial charge in [-0.25, -0.2) is 4.79 Å². The van der Waals surface area contributed by atoms with Crippen LogP contribution >= 0.6 is 0 Å². The van der Waals surface area contributed by atoms with Crippen LogP contribution in [0.1, 0.15) is 30.4 Å². The molecule has 1 aromatic carbocycles. The Hall–Kier alpha value is -2.17. The molecule has 1 N–H and O–H groups in total. The molecule has 3 rings (SSSR count). The lowest BCUT2D eigenvalue weighted by atomic mass is 9.99. The fraction of sp³-hybridized carbons (Fsp3) is 0.636. The Balaban J connectivity index is 0.000000451. The molecule has 2 heterocycles. The first kappa shape index (κ1) is 26.1. The third-order valence-corrected chi connectivity index (χ3v) is 5.49. The third kappa shape index (κ3) is 8.07. The number of benzene rings is 1. The zero-order chi connectivity index (χ0) is 23.9. The number of aryl methyl sites for hydroxylation is 1. The largest absolute Gasteiger partial charge is 0.490 e. The Kier molecular flexibility index (Phi) is 9.47. The zero-order valence-corrected chi connectivity index (χ0v) is 18.6. The summed E-state index contributed by atoms with van der Waals surface area (Å²) in [5, 5.41) is 7.12. The van der Waals surface area contributed by atoms with Crippen molar-refractivity contribution >= 4 is 11.9 Å². The van der Waals surface area contributed by atoms with Crippen molar-refractivity contribution in [3.05, 3.63) is 35.4 Å². The highest BCUT2D eigenvalue weighted by Gasteiger charge is 2.40. The van der Waals surface area contributed by atoms with E-state index in [0.717, 1.165) is 32.4 Å². The first-order chi connectivity index (χ1) is 15.0. The standard InChI is InChI=1S/C20H30N2O3.C2HF3O2/c1-15-5-4-6-16(11-15)12-22-10-9-19-18(22)8-7-17(25-19)13-24-14-20(23)21(2)3;3-2(4,5)1(6)7/h4-6,11,17-19H,7-10,12-14H2,1-3H3;(H,6,7)/t17?,18-,19-;/m0./s1. The Morgan fingerprint density at radius 2 is 1.94 bits per heavy atom. The lowest BCUT2D eigenvalue weighted by molar-refractivity contribution is -0.192. The Morgan fingerprint density at radius 3 is 2.53 bits per heavy atom. The van der Waals surface area contributed by atoms with Crippen LogP contribution in [0, 0.1) is 6.92 Å². The van der Waals surface area contributed by atoms with Crippen molar-refractivity contribution in [2.24, 2.45) is 0 Å². The molecule has 10 heteroatoms. The number of amides is 1. The maximum Gasteiger partial charge on any atom is 0.490 e. The molecule has 180 valence electrons. The summed E-state index contributed by atoms with van der Waals surface area (Å²) >= 11 is 0. The Bertz CT molecular complexity index is 772. The molecule has 32 heavy (non-hydrogen) atoms. The van der Waals surface area contributed by atoms with Gasteiger partial charge in [-0.2, -0.15) is 13.2 Å². The van der Waals surface area contributed by atoms with E-state index >= 15 is 0 Å². The van der Waals surface area contributed by atoms with Crippen molar-refractivity contribution in [3.8, 4) is 0 Å². The molecular weight excluding hydrogens is 429 g/mol. The van der Waals surface area contributed by atoms with Crippen molar-refractivity contribution in [1.29, 1.82) is 0 Å². The van der Waals surface area contributed by atoms with Gasteiger partial charge in [-0.3, -0.25) is 9.69 Å². The maximum atomic E-state index is 11.6. The molecule has 0 saturated carbocycles. The Labute approximate surface area is 186 Å². The van der Waals surface area contributed by atoms with Gasteiger partial charge in [-0.15, -0.1) is 0 Å². The van der Waals surface area contributed by atoms with E-state index in [2.05, 4.69) is 36.1 Å². The molecule has 1 unspecified atom stereocenters. The number of hydrogen-bond donors (Lipinski definition) is 1. The number of rotatable bonds is 6. The number of carboxylic acid groups (broad SMARTS) is 1. The molecule has 0 radical (unpaired) electrons. The number of alkyl halides is 3. The minimum Gasteiger partial charge on any atom is -0.475 e. The first-order valence-corrected chi connectivity index (χ1v) is 10.5. The van der Waals surface area contributed by atoms with Crippen LogP contribution in [0.5, 0.6) is 0 Å². The fourth-order valence-corrected chi connectivity index (χ4v) is 3.86. The van der Waals surface area contributed by atoms with Crippen molar-refractivity contribution in [2.45, 2.75) is 57.2 Å². The van der Waals surface area contributed by atoms with Gasteiger partial charge in [0, 0.05) is 33.2 Å². The van der Waals surface area contributed by atoms with E-state index in [9.17, 15) is 18.0 Å². The van der Waals surface area contributed by atoms with Crippen LogP contribution in [0.15, 0.2) is 24.3 Å². The third-order valence-electron chi connectivity index (χ3n) is 5.49. The highest BCUT2D eigenvalue weighted by atomic mass is 19.4. The second kappa shape index (κ2) is 11.6. The second-order valence-corrected chi connectivity index (χ2v) is 8.30. The van der Waals surface area contributed by atoms with Gasteiger partial charge in [-0.05, 0) is 31.7 Å². The van der Waals surface area contributed by atoms with E-state index in [4.69, 9.17) is 19.4 Å². The normalized spacial score (nSPS) is 23.1. The molecule has 7 nitrogen and oxygen atoms in total. The number of aliphatic carboxylic acids is 1. The van der Waals surface area contributed by atoms with E-state index in [0.29, 0.717) is 18.8 Å². The number of carbonyl (C=O) groups excluding carboxylic acids is 1. The predicted octanol–water partition coefficient (Wildman–Crippen LogP) is 2.86. The maximum absolute atomic E-state index is 11.6. The van der Waals surface area contributed by atoms with Crippen molar-refractivity contribution in [2.75, 3.05) is 33.9 Å². The highest BCUT2D eigenvalue weighted by Crippen LogP contribution is 2.32. The monoisotopic (exact) mass is 460 g/mol. The molecule has 2 aliphatic heterocycles. The van der Waals surface area contributed by atoms with E-state index in [1.807, 2.05) is 0 Å². The summed E-state index contributed by atoms with van der Waals surface area (Å²) < 4.78 is 43.5. The number of carbonyl (C=O) groups is 2. The summed E-state index contributed by atoms with van der Waals surface area (Å²) in [6.45, 7) is 4.90. The van der Waals surface area contributed by atoms with Gasteiger partial charge in [0.15, 0.2) is 0 Å². The number of likely N-dealkylation sites (tertiary alicyclic amines) is 1. The molecule has 2 aliphatic rings. The SMILES string of the molecule is Cc1cccc(CN2CC[C@@H]3OC(COCC(=O)N(C)C)CC[C@@H]32)c1.O=C(O)C(F)(F)F. The molecule has 1 amide bonds. The van der Waals surface area contributed by atoms with E-state index in [1.165, 1.54) is 11.1 Å². The van der Waals surface area contributed by atoms with Crippen LogP contribution in [-0.4, -0.2) is 85.1 Å². The number of nitrogens with zero attached hydrogens (tertiary/aromatic N) is 2. The van der Waals surface area contributed by atoms with Crippen LogP contribution in [0.3, 0.4) is 0 Å².